The predicted octanol–water partition coefficient (Wildman–Crippen LogP) is 11.3. The second kappa shape index (κ2) is 11.6. The minimum atomic E-state index is 0.0451. The van der Waals surface area contributed by atoms with Gasteiger partial charge in [0.15, 0.2) is 0 Å². The molecule has 0 radical (unpaired) electrons. The number of fused-ring (bicyclic) bond motifs is 6. The fourth-order valence-electron chi connectivity index (χ4n) is 11.4. The Labute approximate surface area is 312 Å². The van der Waals surface area contributed by atoms with Gasteiger partial charge in [-0.1, -0.05) is 109 Å². The summed E-state index contributed by atoms with van der Waals surface area (Å²) in [6.45, 7) is 14.2. The average Bonchev–Trinajstić information content (AvgIpc) is 3.13. The van der Waals surface area contributed by atoms with Crippen molar-refractivity contribution < 1.29 is 0 Å². The fourth-order valence-corrected chi connectivity index (χ4v) is 11.4. The van der Waals surface area contributed by atoms with Crippen LogP contribution in [0.4, 0.5) is 34.1 Å². The van der Waals surface area contributed by atoms with Crippen molar-refractivity contribution >= 4 is 57.2 Å². The highest BCUT2D eigenvalue weighted by Gasteiger charge is 2.48. The Bertz CT molecular complexity index is 2160. The summed E-state index contributed by atoms with van der Waals surface area (Å²) >= 11 is 0. The molecule has 0 aromatic heterocycles. The van der Waals surface area contributed by atoms with Gasteiger partial charge < -0.3 is 9.80 Å². The number of anilines is 6. The molecule has 0 N–H and O–H groups in total. The Hall–Kier alpha value is -4.24. The standard InChI is InChI=1S/C49H53BN2/c1-48(2,3)35-17-20-38(21-18-35)52-44-23-19-36(49(4,5)6)30-42(44)50-41-14-10-11-15-43(41)51(37-12-8-7-9-13-37)45-28-34(29-46(52)47(45)50)40-27-32-24-31-16-22-39(40)33(25-31)26-32/h7-15,17-21,23,28-33,39-40H,16,22,24-27H2,1-6H3. The van der Waals surface area contributed by atoms with Gasteiger partial charge in [-0.05, 0) is 154 Å². The van der Waals surface area contributed by atoms with E-state index in [0.29, 0.717) is 5.92 Å². The molecule has 3 bridgehead atoms. The van der Waals surface area contributed by atoms with Gasteiger partial charge in [-0.15, -0.1) is 0 Å². The number of nitrogens with zero attached hydrogens (tertiary/aromatic N) is 2. The number of para-hydroxylation sites is 2. The molecule has 2 heterocycles. The monoisotopic (exact) mass is 680 g/mol. The first-order valence-corrected chi connectivity index (χ1v) is 20.2. The molecule has 52 heavy (non-hydrogen) atoms. The van der Waals surface area contributed by atoms with Gasteiger partial charge in [0.2, 0.25) is 0 Å². The molecule has 3 saturated carbocycles. The minimum absolute atomic E-state index is 0.0451. The Morgan fingerprint density at radius 3 is 1.85 bits per heavy atom. The largest absolute Gasteiger partial charge is 0.311 e. The number of hydrogen-bond acceptors (Lipinski definition) is 2. The van der Waals surface area contributed by atoms with Crippen molar-refractivity contribution in [1.29, 1.82) is 0 Å². The van der Waals surface area contributed by atoms with E-state index in [2.05, 4.69) is 161 Å². The van der Waals surface area contributed by atoms with E-state index in [1.807, 2.05) is 0 Å². The number of benzene rings is 5. The van der Waals surface area contributed by atoms with Gasteiger partial charge in [0.05, 0.1) is 0 Å². The van der Waals surface area contributed by atoms with Gasteiger partial charge in [0, 0.05) is 34.1 Å². The molecule has 5 aromatic rings. The normalized spacial score (nSPS) is 24.3. The molecule has 262 valence electrons. The van der Waals surface area contributed by atoms with Crippen molar-refractivity contribution in [3.8, 4) is 0 Å². The van der Waals surface area contributed by atoms with Crippen LogP contribution in [0.25, 0.3) is 0 Å². The van der Waals surface area contributed by atoms with E-state index < -0.39 is 0 Å². The van der Waals surface area contributed by atoms with Crippen LogP contribution in [-0.4, -0.2) is 6.71 Å². The van der Waals surface area contributed by atoms with Crippen LogP contribution in [0, 0.1) is 23.7 Å². The maximum atomic E-state index is 2.68. The molecule has 5 aliphatic rings. The van der Waals surface area contributed by atoms with Crippen LogP contribution in [0.2, 0.25) is 0 Å². The third kappa shape index (κ3) is 5.05. The molecule has 5 unspecified atom stereocenters. The quantitative estimate of drug-likeness (QED) is 0.171. The average molecular weight is 681 g/mol. The highest BCUT2D eigenvalue weighted by molar-refractivity contribution is 7.00. The summed E-state index contributed by atoms with van der Waals surface area (Å²) in [5.41, 5.74) is 16.6. The van der Waals surface area contributed by atoms with Crippen molar-refractivity contribution in [2.45, 2.75) is 96.8 Å². The summed E-state index contributed by atoms with van der Waals surface area (Å²) < 4.78 is 0. The van der Waals surface area contributed by atoms with Crippen LogP contribution >= 0.6 is 0 Å². The topological polar surface area (TPSA) is 6.48 Å². The Kier molecular flexibility index (Phi) is 7.25. The Morgan fingerprint density at radius 2 is 1.13 bits per heavy atom. The lowest BCUT2D eigenvalue weighted by molar-refractivity contribution is 0.0153. The van der Waals surface area contributed by atoms with Gasteiger partial charge in [-0.3, -0.25) is 0 Å². The van der Waals surface area contributed by atoms with Gasteiger partial charge in [0.25, 0.3) is 6.71 Å². The molecule has 3 fully saturated rings. The molecule has 3 heteroatoms. The zero-order valence-electron chi connectivity index (χ0n) is 32.0. The van der Waals surface area contributed by atoms with Gasteiger partial charge >= 0.3 is 0 Å². The van der Waals surface area contributed by atoms with Crippen LogP contribution in [0.5, 0.6) is 0 Å². The highest BCUT2D eigenvalue weighted by atomic mass is 15.2. The molecule has 0 amide bonds. The second-order valence-corrected chi connectivity index (χ2v) is 19.1. The first-order valence-electron chi connectivity index (χ1n) is 20.2. The van der Waals surface area contributed by atoms with Crippen LogP contribution < -0.4 is 26.2 Å². The first-order chi connectivity index (χ1) is 25.0. The van der Waals surface area contributed by atoms with Crippen LogP contribution in [0.15, 0.2) is 109 Å². The third-order valence-electron chi connectivity index (χ3n) is 13.9. The third-order valence-corrected chi connectivity index (χ3v) is 13.9. The molecule has 0 saturated heterocycles. The molecule has 5 aromatic carbocycles. The second-order valence-electron chi connectivity index (χ2n) is 19.1. The summed E-state index contributed by atoms with van der Waals surface area (Å²) in [6.07, 6.45) is 8.59. The molecule has 5 atom stereocenters. The highest BCUT2D eigenvalue weighted by Crippen LogP contribution is 2.58. The molecule has 2 aliphatic heterocycles. The summed E-state index contributed by atoms with van der Waals surface area (Å²) in [5.74, 6) is 4.20. The van der Waals surface area contributed by atoms with Crippen molar-refractivity contribution in [3.05, 3.63) is 126 Å². The summed E-state index contributed by atoms with van der Waals surface area (Å²) in [5, 5.41) is 0. The SMILES string of the molecule is CC(C)(C)c1ccc(N2c3ccc(C(C)(C)C)cc3B3c4ccccc4N(c4ccccc4)c4cc(C5CC6CC7CCC5C(C7)C6)cc2c43)cc1. The van der Waals surface area contributed by atoms with Crippen LogP contribution in [-0.2, 0) is 10.8 Å². The predicted molar refractivity (Wildman–Crippen MR) is 222 cm³/mol. The molecule has 0 spiro atoms. The van der Waals surface area contributed by atoms with Crippen molar-refractivity contribution in [2.24, 2.45) is 23.7 Å². The summed E-state index contributed by atoms with van der Waals surface area (Å²) in [4.78, 5) is 5.25. The zero-order chi connectivity index (χ0) is 35.5. The van der Waals surface area contributed by atoms with Crippen molar-refractivity contribution in [1.82, 2.24) is 0 Å². The minimum Gasteiger partial charge on any atom is -0.311 e. The van der Waals surface area contributed by atoms with Crippen molar-refractivity contribution in [3.63, 3.8) is 0 Å². The lowest BCUT2D eigenvalue weighted by Crippen LogP contribution is -2.61. The molecule has 2 nitrogen and oxygen atoms in total. The van der Waals surface area contributed by atoms with E-state index in [4.69, 9.17) is 0 Å². The number of rotatable bonds is 3. The van der Waals surface area contributed by atoms with Crippen molar-refractivity contribution in [2.75, 3.05) is 9.80 Å². The smallest absolute Gasteiger partial charge is 0.252 e. The molecule has 3 aliphatic carbocycles. The molecular weight excluding hydrogens is 627 g/mol. The Morgan fingerprint density at radius 1 is 0.519 bits per heavy atom. The molecular formula is C49H53BN2. The zero-order valence-corrected chi connectivity index (χ0v) is 32.0. The van der Waals surface area contributed by atoms with E-state index >= 15 is 0 Å². The lowest BCUT2D eigenvalue weighted by Gasteiger charge is -2.52. The van der Waals surface area contributed by atoms with E-state index in [1.165, 1.54) is 100 Å². The Balaban J connectivity index is 1.27. The van der Waals surface area contributed by atoms with Gasteiger partial charge in [0.1, 0.15) is 0 Å². The maximum absolute atomic E-state index is 2.68. The number of hydrogen-bond donors (Lipinski definition) is 0. The van der Waals surface area contributed by atoms with Crippen LogP contribution in [0.3, 0.4) is 0 Å². The summed E-state index contributed by atoms with van der Waals surface area (Å²) in [6, 6.07) is 42.7. The van der Waals surface area contributed by atoms with Gasteiger partial charge in [-0.2, -0.15) is 0 Å². The van der Waals surface area contributed by atoms with E-state index in [9.17, 15) is 0 Å². The fraction of sp³-hybridized carbons (Fsp3) is 0.388. The maximum Gasteiger partial charge on any atom is 0.252 e. The van der Waals surface area contributed by atoms with Crippen LogP contribution in [0.1, 0.15) is 103 Å². The lowest BCUT2D eigenvalue weighted by atomic mass is 9.33. The van der Waals surface area contributed by atoms with Gasteiger partial charge in [-0.25, -0.2) is 0 Å². The first kappa shape index (κ1) is 32.4. The van der Waals surface area contributed by atoms with E-state index in [-0.39, 0.29) is 17.5 Å². The summed E-state index contributed by atoms with van der Waals surface area (Å²) in [7, 11) is 0. The molecule has 10 rings (SSSR count). The van der Waals surface area contributed by atoms with E-state index in [1.54, 1.807) is 5.56 Å². The van der Waals surface area contributed by atoms with E-state index in [0.717, 1.165) is 23.7 Å².